The predicted molar refractivity (Wildman–Crippen MR) is 142 cm³/mol. The fraction of sp³-hybridized carbons (Fsp3) is 0.375. The van der Waals surface area contributed by atoms with Gasteiger partial charge in [-0.05, 0) is 23.6 Å². The van der Waals surface area contributed by atoms with Crippen LogP contribution < -0.4 is 5.32 Å². The smallest absolute Gasteiger partial charge is 0.272 e. The van der Waals surface area contributed by atoms with Crippen LogP contribution in [0.2, 0.25) is 0 Å². The summed E-state index contributed by atoms with van der Waals surface area (Å²) in [5.74, 6) is 0.0254. The number of aromatic nitrogens is 2. The summed E-state index contributed by atoms with van der Waals surface area (Å²) >= 11 is 20.0. The van der Waals surface area contributed by atoms with Crippen LogP contribution in [0.3, 0.4) is 0 Å². The molecule has 4 rings (SSSR count). The van der Waals surface area contributed by atoms with Gasteiger partial charge in [0.25, 0.3) is 9.70 Å². The molecule has 1 amide bonds. The standard InChI is InChI=1S/C24H24Cl3N3O4S2/c1-14-29-30-23(36-14)35-13-19-10-20(17-6-4-16(12-31)5-7-17)34-21(33-19)18-8-2-15(3-9-18)11-28-22(32)24(25,26)27/h2-9,19-21,31H,10-13H2,1H3,(H,28,32). The number of nitrogens with one attached hydrogen (secondary N) is 1. The van der Waals surface area contributed by atoms with Gasteiger partial charge in [0, 0.05) is 24.3 Å². The normalized spacial score (nSPS) is 20.3. The van der Waals surface area contributed by atoms with Crippen LogP contribution in [-0.2, 0) is 27.4 Å². The Kier molecular flexibility index (Phi) is 9.51. The van der Waals surface area contributed by atoms with Crippen molar-refractivity contribution in [2.45, 2.75) is 53.1 Å². The molecule has 12 heteroatoms. The molecule has 1 aliphatic heterocycles. The minimum Gasteiger partial charge on any atom is -0.392 e. The largest absolute Gasteiger partial charge is 0.392 e. The van der Waals surface area contributed by atoms with Gasteiger partial charge < -0.3 is 19.9 Å². The molecule has 1 aromatic heterocycles. The number of nitrogens with zero attached hydrogens (tertiary/aromatic N) is 2. The maximum atomic E-state index is 11.8. The third kappa shape index (κ3) is 7.55. The quantitative estimate of drug-likeness (QED) is 0.259. The Bertz CT molecular complexity index is 1160. The lowest BCUT2D eigenvalue weighted by Gasteiger charge is -2.36. The van der Waals surface area contributed by atoms with Gasteiger partial charge in [0.1, 0.15) is 5.01 Å². The number of aliphatic hydroxyl groups excluding tert-OH is 1. The summed E-state index contributed by atoms with van der Waals surface area (Å²) in [7, 11) is 0. The first-order valence-electron chi connectivity index (χ1n) is 11.1. The number of hydrogen-bond acceptors (Lipinski definition) is 8. The molecule has 0 saturated carbocycles. The van der Waals surface area contributed by atoms with E-state index in [1.807, 2.05) is 55.5 Å². The van der Waals surface area contributed by atoms with Gasteiger partial charge in [0.2, 0.25) is 0 Å². The summed E-state index contributed by atoms with van der Waals surface area (Å²) in [6.45, 7) is 2.15. The SMILES string of the molecule is Cc1nnc(SCC2CC(c3ccc(CO)cc3)OC(c3ccc(CNC(=O)C(Cl)(Cl)Cl)cc3)O2)s1. The molecular formula is C24H24Cl3N3O4S2. The molecule has 2 aromatic carbocycles. The highest BCUT2D eigenvalue weighted by Gasteiger charge is 2.33. The van der Waals surface area contributed by atoms with Gasteiger partial charge in [-0.15, -0.1) is 10.2 Å². The highest BCUT2D eigenvalue weighted by Crippen LogP contribution is 2.39. The van der Waals surface area contributed by atoms with Crippen LogP contribution in [0.15, 0.2) is 52.9 Å². The first-order valence-corrected chi connectivity index (χ1v) is 14.0. The lowest BCUT2D eigenvalue weighted by molar-refractivity contribution is -0.245. The molecule has 3 aromatic rings. The number of halogens is 3. The Labute approximate surface area is 232 Å². The van der Waals surface area contributed by atoms with Crippen molar-refractivity contribution in [2.24, 2.45) is 0 Å². The van der Waals surface area contributed by atoms with Crippen LogP contribution in [0.1, 0.15) is 46.1 Å². The second-order valence-electron chi connectivity index (χ2n) is 8.17. The molecule has 3 unspecified atom stereocenters. The fourth-order valence-corrected chi connectivity index (χ4v) is 5.66. The molecule has 0 radical (unpaired) electrons. The minimum atomic E-state index is -2.01. The van der Waals surface area contributed by atoms with Crippen molar-refractivity contribution in [3.63, 3.8) is 0 Å². The van der Waals surface area contributed by atoms with Gasteiger partial charge in [-0.25, -0.2) is 0 Å². The average molecular weight is 589 g/mol. The van der Waals surface area contributed by atoms with Crippen LogP contribution in [0.25, 0.3) is 0 Å². The maximum Gasteiger partial charge on any atom is 0.272 e. The van der Waals surface area contributed by atoms with Crippen molar-refractivity contribution in [1.29, 1.82) is 0 Å². The van der Waals surface area contributed by atoms with E-state index in [4.69, 9.17) is 44.3 Å². The van der Waals surface area contributed by atoms with Crippen molar-refractivity contribution in [3.05, 3.63) is 75.8 Å². The van der Waals surface area contributed by atoms with Gasteiger partial charge >= 0.3 is 0 Å². The first kappa shape index (κ1) is 27.6. The average Bonchev–Trinajstić information content (AvgIpc) is 3.30. The zero-order valence-electron chi connectivity index (χ0n) is 19.2. The second kappa shape index (κ2) is 12.4. The number of carbonyl (C=O) groups is 1. The molecule has 7 nitrogen and oxygen atoms in total. The van der Waals surface area contributed by atoms with Crippen molar-refractivity contribution in [1.82, 2.24) is 15.5 Å². The summed E-state index contributed by atoms with van der Waals surface area (Å²) in [6.07, 6.45) is -0.154. The maximum absolute atomic E-state index is 11.8. The molecule has 2 heterocycles. The Morgan fingerprint density at radius 1 is 1.08 bits per heavy atom. The highest BCUT2D eigenvalue weighted by molar-refractivity contribution is 8.01. The molecule has 0 spiro atoms. The van der Waals surface area contributed by atoms with Crippen LogP contribution in [0.5, 0.6) is 0 Å². The van der Waals surface area contributed by atoms with E-state index >= 15 is 0 Å². The van der Waals surface area contributed by atoms with E-state index < -0.39 is 16.0 Å². The zero-order chi connectivity index (χ0) is 25.7. The molecule has 1 fully saturated rings. The number of rotatable bonds is 8. The number of aliphatic hydroxyl groups is 1. The van der Waals surface area contributed by atoms with E-state index in [1.165, 1.54) is 0 Å². The second-order valence-corrected chi connectivity index (χ2v) is 12.9. The zero-order valence-corrected chi connectivity index (χ0v) is 23.1. The molecule has 3 atom stereocenters. The number of ether oxygens (including phenoxy) is 2. The minimum absolute atomic E-state index is 0.00740. The van der Waals surface area contributed by atoms with Crippen LogP contribution in [-0.4, -0.2) is 36.9 Å². The van der Waals surface area contributed by atoms with E-state index in [-0.39, 0.29) is 25.4 Å². The number of thioether (sulfide) groups is 1. The third-order valence-electron chi connectivity index (χ3n) is 5.48. The summed E-state index contributed by atoms with van der Waals surface area (Å²) in [6, 6.07) is 15.3. The third-order valence-corrected chi connectivity index (χ3v) is 8.10. The number of carbonyl (C=O) groups excluding carboxylic acids is 1. The van der Waals surface area contributed by atoms with E-state index in [1.54, 1.807) is 23.1 Å². The summed E-state index contributed by atoms with van der Waals surface area (Å²) in [5, 5.41) is 21.2. The molecule has 192 valence electrons. The monoisotopic (exact) mass is 587 g/mol. The van der Waals surface area contributed by atoms with Crippen LogP contribution >= 0.6 is 57.9 Å². The van der Waals surface area contributed by atoms with Crippen LogP contribution in [0.4, 0.5) is 0 Å². The van der Waals surface area contributed by atoms with Crippen molar-refractivity contribution >= 4 is 63.8 Å². The highest BCUT2D eigenvalue weighted by atomic mass is 35.6. The molecule has 1 aliphatic rings. The van der Waals surface area contributed by atoms with E-state index in [2.05, 4.69) is 15.5 Å². The van der Waals surface area contributed by atoms with E-state index in [0.717, 1.165) is 31.6 Å². The number of alkyl halides is 3. The Balaban J connectivity index is 1.46. The summed E-state index contributed by atoms with van der Waals surface area (Å²) < 4.78 is 11.6. The van der Waals surface area contributed by atoms with Crippen LogP contribution in [0, 0.1) is 6.92 Å². The molecule has 0 bridgehead atoms. The number of benzene rings is 2. The van der Waals surface area contributed by atoms with Gasteiger partial charge in [0.05, 0.1) is 18.8 Å². The molecule has 36 heavy (non-hydrogen) atoms. The lowest BCUT2D eigenvalue weighted by atomic mass is 10.0. The molecular weight excluding hydrogens is 565 g/mol. The lowest BCUT2D eigenvalue weighted by Crippen LogP contribution is -2.34. The van der Waals surface area contributed by atoms with Gasteiger partial charge in [-0.2, -0.15) is 0 Å². The van der Waals surface area contributed by atoms with Crippen molar-refractivity contribution in [2.75, 3.05) is 5.75 Å². The van der Waals surface area contributed by atoms with E-state index in [9.17, 15) is 9.90 Å². The summed E-state index contributed by atoms with van der Waals surface area (Å²) in [5.41, 5.74) is 3.56. The Morgan fingerprint density at radius 2 is 1.75 bits per heavy atom. The van der Waals surface area contributed by atoms with Gasteiger partial charge in [-0.1, -0.05) is 106 Å². The van der Waals surface area contributed by atoms with Crippen molar-refractivity contribution in [3.8, 4) is 0 Å². The Morgan fingerprint density at radius 3 is 2.36 bits per heavy atom. The molecule has 2 N–H and O–H groups in total. The predicted octanol–water partition coefficient (Wildman–Crippen LogP) is 5.66. The number of hydrogen-bond donors (Lipinski definition) is 2. The first-order chi connectivity index (χ1) is 17.2. The van der Waals surface area contributed by atoms with Crippen molar-refractivity contribution < 1.29 is 19.4 Å². The summed E-state index contributed by atoms with van der Waals surface area (Å²) in [4.78, 5) is 11.8. The fourth-order valence-electron chi connectivity index (χ4n) is 3.60. The van der Waals surface area contributed by atoms with Gasteiger partial charge in [0.15, 0.2) is 10.6 Å². The van der Waals surface area contributed by atoms with Gasteiger partial charge in [-0.3, -0.25) is 4.79 Å². The topological polar surface area (TPSA) is 93.6 Å². The number of amides is 1. The molecule has 0 aliphatic carbocycles. The van der Waals surface area contributed by atoms with E-state index in [0.29, 0.717) is 12.2 Å². The molecule has 1 saturated heterocycles. The Hall–Kier alpha value is -1.43. The number of aryl methyl sites for hydroxylation is 1.